The molecule has 2 aliphatic rings. The first-order valence-electron chi connectivity index (χ1n) is 7.34. The van der Waals surface area contributed by atoms with E-state index in [0.717, 1.165) is 12.0 Å². The van der Waals surface area contributed by atoms with Crippen LogP contribution in [0.5, 0.6) is 0 Å². The molecule has 2 atom stereocenters. The van der Waals surface area contributed by atoms with E-state index < -0.39 is 0 Å². The molecule has 2 nitrogen and oxygen atoms in total. The minimum atomic E-state index is 0.775. The van der Waals surface area contributed by atoms with Crippen LogP contribution in [0, 0.1) is 5.92 Å². The maximum absolute atomic E-state index is 3.71. The Balaban J connectivity index is 1.74. The summed E-state index contributed by atoms with van der Waals surface area (Å²) in [5.41, 5.74) is 0. The molecule has 1 N–H and O–H groups in total. The topological polar surface area (TPSA) is 15.3 Å². The van der Waals surface area contributed by atoms with E-state index in [1.54, 1.807) is 0 Å². The van der Waals surface area contributed by atoms with Gasteiger partial charge >= 0.3 is 0 Å². The van der Waals surface area contributed by atoms with Gasteiger partial charge in [-0.05, 0) is 51.2 Å². The summed E-state index contributed by atoms with van der Waals surface area (Å²) in [6.07, 6.45) is 9.92. The lowest BCUT2D eigenvalue weighted by molar-refractivity contribution is 0.204. The normalized spacial score (nSPS) is 33.6. The van der Waals surface area contributed by atoms with E-state index >= 15 is 0 Å². The number of nitrogens with zero attached hydrogens (tertiary/aromatic N) is 1. The van der Waals surface area contributed by atoms with Crippen LogP contribution in [0.3, 0.4) is 0 Å². The lowest BCUT2D eigenvalue weighted by atomic mass is 9.90. The Bertz CT molecular complexity index is 185. The van der Waals surface area contributed by atoms with Crippen molar-refractivity contribution in [3.63, 3.8) is 0 Å². The number of piperidine rings is 1. The molecular formula is C14H28N2. The monoisotopic (exact) mass is 224 g/mol. The number of hydrogen-bond donors (Lipinski definition) is 1. The predicted octanol–water partition coefficient (Wildman–Crippen LogP) is 2.64. The lowest BCUT2D eigenvalue weighted by Gasteiger charge is -2.33. The Labute approximate surface area is 101 Å². The highest BCUT2D eigenvalue weighted by Gasteiger charge is 2.22. The van der Waals surface area contributed by atoms with Gasteiger partial charge in [0.1, 0.15) is 0 Å². The number of nitrogens with one attached hydrogen (secondary N) is 1. The van der Waals surface area contributed by atoms with Crippen LogP contribution < -0.4 is 5.32 Å². The first-order chi connectivity index (χ1) is 7.88. The molecule has 94 valence electrons. The average Bonchev–Trinajstić information content (AvgIpc) is 2.58. The molecule has 0 bridgehead atoms. The molecule has 2 unspecified atom stereocenters. The van der Waals surface area contributed by atoms with Crippen molar-refractivity contribution in [1.82, 2.24) is 10.2 Å². The maximum atomic E-state index is 3.71. The summed E-state index contributed by atoms with van der Waals surface area (Å²) in [6.45, 7) is 7.58. The molecule has 2 heteroatoms. The molecule has 2 heterocycles. The quantitative estimate of drug-likeness (QED) is 0.793. The first-order valence-corrected chi connectivity index (χ1v) is 7.34. The van der Waals surface area contributed by atoms with Crippen LogP contribution in [-0.4, -0.2) is 37.1 Å². The van der Waals surface area contributed by atoms with Gasteiger partial charge in [-0.2, -0.15) is 0 Å². The van der Waals surface area contributed by atoms with Crippen molar-refractivity contribution in [2.24, 2.45) is 5.92 Å². The zero-order valence-electron chi connectivity index (χ0n) is 10.9. The molecule has 0 radical (unpaired) electrons. The molecule has 0 saturated carbocycles. The van der Waals surface area contributed by atoms with Gasteiger partial charge in [-0.15, -0.1) is 0 Å². The smallest absolute Gasteiger partial charge is 0.0197 e. The minimum Gasteiger partial charge on any atom is -0.313 e. The molecular weight excluding hydrogens is 196 g/mol. The Kier molecular flexibility index (Phi) is 5.11. The summed E-state index contributed by atoms with van der Waals surface area (Å²) in [5, 5.41) is 3.71. The van der Waals surface area contributed by atoms with Gasteiger partial charge in [-0.1, -0.05) is 26.2 Å². The second kappa shape index (κ2) is 6.61. The van der Waals surface area contributed by atoms with E-state index in [1.165, 1.54) is 71.1 Å². The van der Waals surface area contributed by atoms with Gasteiger partial charge in [0.15, 0.2) is 0 Å². The van der Waals surface area contributed by atoms with Crippen molar-refractivity contribution in [2.45, 2.75) is 57.9 Å². The summed E-state index contributed by atoms with van der Waals surface area (Å²) in [7, 11) is 0. The van der Waals surface area contributed by atoms with E-state index in [2.05, 4.69) is 17.1 Å². The van der Waals surface area contributed by atoms with Gasteiger partial charge in [0.2, 0.25) is 0 Å². The second-order valence-corrected chi connectivity index (χ2v) is 5.66. The third-order valence-corrected chi connectivity index (χ3v) is 4.36. The molecule has 0 amide bonds. The van der Waals surface area contributed by atoms with Crippen molar-refractivity contribution in [3.05, 3.63) is 0 Å². The van der Waals surface area contributed by atoms with Crippen LogP contribution in [0.4, 0.5) is 0 Å². The van der Waals surface area contributed by atoms with Gasteiger partial charge in [-0.3, -0.25) is 0 Å². The predicted molar refractivity (Wildman–Crippen MR) is 69.7 cm³/mol. The Morgan fingerprint density at radius 2 is 1.88 bits per heavy atom. The van der Waals surface area contributed by atoms with Gasteiger partial charge < -0.3 is 10.2 Å². The molecule has 0 aromatic heterocycles. The molecule has 0 aliphatic carbocycles. The lowest BCUT2D eigenvalue weighted by Crippen LogP contribution is -2.46. The van der Waals surface area contributed by atoms with Crippen LogP contribution in [-0.2, 0) is 0 Å². The molecule has 2 fully saturated rings. The van der Waals surface area contributed by atoms with Crippen LogP contribution in [0.2, 0.25) is 0 Å². The molecule has 2 saturated heterocycles. The van der Waals surface area contributed by atoms with Gasteiger partial charge in [0.05, 0.1) is 0 Å². The third kappa shape index (κ3) is 3.74. The van der Waals surface area contributed by atoms with Crippen molar-refractivity contribution in [3.8, 4) is 0 Å². The fraction of sp³-hybridized carbons (Fsp3) is 1.00. The molecule has 16 heavy (non-hydrogen) atoms. The van der Waals surface area contributed by atoms with Crippen LogP contribution in [0.15, 0.2) is 0 Å². The third-order valence-electron chi connectivity index (χ3n) is 4.36. The van der Waals surface area contributed by atoms with Crippen molar-refractivity contribution in [2.75, 3.05) is 26.2 Å². The van der Waals surface area contributed by atoms with E-state index in [-0.39, 0.29) is 0 Å². The van der Waals surface area contributed by atoms with Gasteiger partial charge in [-0.25, -0.2) is 0 Å². The van der Waals surface area contributed by atoms with Gasteiger partial charge in [0, 0.05) is 12.6 Å². The highest BCUT2D eigenvalue weighted by Crippen LogP contribution is 2.20. The first kappa shape index (κ1) is 12.4. The van der Waals surface area contributed by atoms with Crippen molar-refractivity contribution >= 4 is 0 Å². The van der Waals surface area contributed by atoms with Crippen LogP contribution >= 0.6 is 0 Å². The summed E-state index contributed by atoms with van der Waals surface area (Å²) in [4.78, 5) is 2.70. The second-order valence-electron chi connectivity index (χ2n) is 5.66. The molecule has 0 spiro atoms. The van der Waals surface area contributed by atoms with E-state index in [4.69, 9.17) is 0 Å². The Hall–Kier alpha value is -0.0800. The summed E-state index contributed by atoms with van der Waals surface area (Å²) >= 11 is 0. The largest absolute Gasteiger partial charge is 0.313 e. The zero-order chi connectivity index (χ0) is 11.2. The van der Waals surface area contributed by atoms with E-state index in [9.17, 15) is 0 Å². The fourth-order valence-electron chi connectivity index (χ4n) is 3.24. The highest BCUT2D eigenvalue weighted by molar-refractivity contribution is 4.81. The summed E-state index contributed by atoms with van der Waals surface area (Å²) in [5.74, 6) is 0.984. The number of likely N-dealkylation sites (tertiary alicyclic amines) is 1. The number of hydrogen-bond acceptors (Lipinski definition) is 2. The van der Waals surface area contributed by atoms with E-state index in [0.29, 0.717) is 0 Å². The van der Waals surface area contributed by atoms with Crippen molar-refractivity contribution in [1.29, 1.82) is 0 Å². The fourth-order valence-corrected chi connectivity index (χ4v) is 3.24. The molecule has 0 aromatic rings. The van der Waals surface area contributed by atoms with Crippen LogP contribution in [0.1, 0.15) is 51.9 Å². The molecule has 2 aliphatic heterocycles. The minimum absolute atomic E-state index is 0.775. The van der Waals surface area contributed by atoms with E-state index in [1.807, 2.05) is 0 Å². The molecule has 0 aromatic carbocycles. The highest BCUT2D eigenvalue weighted by atomic mass is 15.1. The standard InChI is InChI=1S/C14H28N2/c1-2-13-7-8-15-14(11-13)12-16-9-5-3-4-6-10-16/h13-15H,2-12H2,1H3. The molecule has 2 rings (SSSR count). The average molecular weight is 224 g/mol. The van der Waals surface area contributed by atoms with Crippen LogP contribution in [0.25, 0.3) is 0 Å². The SMILES string of the molecule is CCC1CCNC(CN2CCCCCC2)C1. The zero-order valence-corrected chi connectivity index (χ0v) is 10.9. The summed E-state index contributed by atoms with van der Waals surface area (Å²) in [6, 6.07) is 0.775. The maximum Gasteiger partial charge on any atom is 0.0197 e. The Morgan fingerprint density at radius 3 is 2.56 bits per heavy atom. The Morgan fingerprint density at radius 1 is 1.12 bits per heavy atom. The van der Waals surface area contributed by atoms with Gasteiger partial charge in [0.25, 0.3) is 0 Å². The van der Waals surface area contributed by atoms with Crippen molar-refractivity contribution < 1.29 is 0 Å². The number of rotatable bonds is 3. The summed E-state index contributed by atoms with van der Waals surface area (Å²) < 4.78 is 0.